The lowest BCUT2D eigenvalue weighted by Gasteiger charge is -2.20. The molecule has 0 radical (unpaired) electrons. The lowest BCUT2D eigenvalue weighted by molar-refractivity contribution is -0.121. The molecule has 5 nitrogen and oxygen atoms in total. The number of aliphatic hydroxyl groups is 1. The first-order valence-electron chi connectivity index (χ1n) is 8.39. The highest BCUT2D eigenvalue weighted by atomic mass is 16.3. The van der Waals surface area contributed by atoms with E-state index in [0.29, 0.717) is 6.42 Å². The van der Waals surface area contributed by atoms with E-state index < -0.39 is 6.10 Å². The van der Waals surface area contributed by atoms with Crippen LogP contribution in [0.4, 0.5) is 0 Å². The van der Waals surface area contributed by atoms with Crippen molar-refractivity contribution < 1.29 is 9.90 Å². The highest BCUT2D eigenvalue weighted by Crippen LogP contribution is 2.23. The first-order valence-corrected chi connectivity index (χ1v) is 8.39. The van der Waals surface area contributed by atoms with Gasteiger partial charge < -0.3 is 10.4 Å². The summed E-state index contributed by atoms with van der Waals surface area (Å²) in [5, 5.41) is 17.1. The molecule has 0 aliphatic heterocycles. The molecule has 2 rings (SSSR count). The fraction of sp³-hybridized carbons (Fsp3) is 0.474. The predicted octanol–water partition coefficient (Wildman–Crippen LogP) is 2.81. The minimum Gasteiger partial charge on any atom is -0.387 e. The molecule has 2 N–H and O–H groups in total. The molecule has 0 saturated carbocycles. The van der Waals surface area contributed by atoms with Gasteiger partial charge in [0.05, 0.1) is 6.10 Å². The summed E-state index contributed by atoms with van der Waals surface area (Å²) in [5.74, 6) is -0.0486. The summed E-state index contributed by atoms with van der Waals surface area (Å²) in [6, 6.07) is 9.78. The van der Waals surface area contributed by atoms with E-state index in [0.717, 1.165) is 18.5 Å². The van der Waals surface area contributed by atoms with Crippen LogP contribution in [0, 0.1) is 0 Å². The summed E-state index contributed by atoms with van der Waals surface area (Å²) in [7, 11) is 0. The number of hydrogen-bond acceptors (Lipinski definition) is 3. The number of nitrogens with zero attached hydrogens (tertiary/aromatic N) is 2. The van der Waals surface area contributed by atoms with Gasteiger partial charge in [-0.3, -0.25) is 9.48 Å². The third-order valence-corrected chi connectivity index (χ3v) is 4.00. The van der Waals surface area contributed by atoms with Crippen molar-refractivity contribution >= 4 is 5.91 Å². The molecule has 2 aromatic rings. The van der Waals surface area contributed by atoms with Gasteiger partial charge in [0.2, 0.25) is 5.91 Å². The van der Waals surface area contributed by atoms with Crippen molar-refractivity contribution in [3.63, 3.8) is 0 Å². The Kier molecular flexibility index (Phi) is 6.15. The molecule has 0 spiro atoms. The molecule has 1 heterocycles. The maximum Gasteiger partial charge on any atom is 0.220 e. The van der Waals surface area contributed by atoms with Crippen LogP contribution in [0.1, 0.15) is 50.8 Å². The van der Waals surface area contributed by atoms with E-state index in [1.807, 2.05) is 36.5 Å². The Morgan fingerprint density at radius 2 is 2.00 bits per heavy atom. The van der Waals surface area contributed by atoms with Crippen molar-refractivity contribution in [2.24, 2.45) is 0 Å². The van der Waals surface area contributed by atoms with Gasteiger partial charge in [0.15, 0.2) is 0 Å². The molecule has 0 saturated heterocycles. The second-order valence-corrected chi connectivity index (χ2v) is 7.06. The number of aromatic nitrogens is 2. The molecule has 1 aromatic heterocycles. The lowest BCUT2D eigenvalue weighted by Crippen LogP contribution is -2.28. The molecular weight excluding hydrogens is 302 g/mol. The average Bonchev–Trinajstić information content (AvgIpc) is 3.05. The second kappa shape index (κ2) is 8.11. The van der Waals surface area contributed by atoms with E-state index >= 15 is 0 Å². The van der Waals surface area contributed by atoms with E-state index in [4.69, 9.17) is 0 Å². The molecule has 1 atom stereocenters. The number of carbonyl (C=O) groups excluding carboxylic acids is 1. The van der Waals surface area contributed by atoms with Gasteiger partial charge in [-0.2, -0.15) is 5.10 Å². The van der Waals surface area contributed by atoms with Crippen LogP contribution < -0.4 is 5.32 Å². The van der Waals surface area contributed by atoms with Crippen LogP contribution in [0.25, 0.3) is 0 Å². The molecule has 130 valence electrons. The van der Waals surface area contributed by atoms with Crippen LogP contribution in [-0.4, -0.2) is 27.3 Å². The topological polar surface area (TPSA) is 67.2 Å². The van der Waals surface area contributed by atoms with E-state index in [-0.39, 0.29) is 17.9 Å². The van der Waals surface area contributed by atoms with Crippen LogP contribution >= 0.6 is 0 Å². The molecule has 1 amide bonds. The number of nitrogens with one attached hydrogen (secondary N) is 1. The molecule has 0 aliphatic carbocycles. The summed E-state index contributed by atoms with van der Waals surface area (Å²) in [6.07, 6.45) is 4.07. The number of aliphatic hydroxyl groups excluding tert-OH is 1. The first kappa shape index (κ1) is 18.2. The van der Waals surface area contributed by atoms with Crippen molar-refractivity contribution in [3.05, 3.63) is 53.9 Å². The standard InChI is InChI=1S/C19H27N3O2/c1-19(2,3)16-9-7-15(8-10-16)17(23)14-20-18(24)6-4-12-22-13-5-11-21-22/h5,7-11,13,17,23H,4,6,12,14H2,1-3H3,(H,20,24). The van der Waals surface area contributed by atoms with Gasteiger partial charge in [-0.15, -0.1) is 0 Å². The number of benzene rings is 1. The molecule has 0 fully saturated rings. The van der Waals surface area contributed by atoms with Crippen LogP contribution in [0.15, 0.2) is 42.7 Å². The monoisotopic (exact) mass is 329 g/mol. The van der Waals surface area contributed by atoms with Crippen LogP contribution in [-0.2, 0) is 16.8 Å². The third-order valence-electron chi connectivity index (χ3n) is 4.00. The second-order valence-electron chi connectivity index (χ2n) is 7.06. The van der Waals surface area contributed by atoms with Gasteiger partial charge in [0.25, 0.3) is 0 Å². The van der Waals surface area contributed by atoms with Gasteiger partial charge >= 0.3 is 0 Å². The van der Waals surface area contributed by atoms with E-state index in [2.05, 4.69) is 31.2 Å². The minimum absolute atomic E-state index is 0.0486. The zero-order valence-corrected chi connectivity index (χ0v) is 14.7. The maximum absolute atomic E-state index is 11.8. The molecule has 24 heavy (non-hydrogen) atoms. The summed E-state index contributed by atoms with van der Waals surface area (Å²) in [6.45, 7) is 7.42. The van der Waals surface area contributed by atoms with Gasteiger partial charge in [-0.1, -0.05) is 45.0 Å². The normalized spacial score (nSPS) is 12.8. The predicted molar refractivity (Wildman–Crippen MR) is 94.6 cm³/mol. The van der Waals surface area contributed by atoms with Gasteiger partial charge in [0, 0.05) is 31.9 Å². The smallest absolute Gasteiger partial charge is 0.220 e. The maximum atomic E-state index is 11.8. The summed E-state index contributed by atoms with van der Waals surface area (Å²) in [4.78, 5) is 11.8. The number of rotatable bonds is 7. The average molecular weight is 329 g/mol. The largest absolute Gasteiger partial charge is 0.387 e. The summed E-state index contributed by atoms with van der Waals surface area (Å²) < 4.78 is 1.80. The van der Waals surface area contributed by atoms with Gasteiger partial charge in [0.1, 0.15) is 0 Å². The Morgan fingerprint density at radius 1 is 1.29 bits per heavy atom. The van der Waals surface area contributed by atoms with E-state index in [1.165, 1.54) is 5.56 Å². The van der Waals surface area contributed by atoms with Crippen molar-refractivity contribution in [1.29, 1.82) is 0 Å². The number of carbonyl (C=O) groups is 1. The highest BCUT2D eigenvalue weighted by Gasteiger charge is 2.15. The van der Waals surface area contributed by atoms with Crippen molar-refractivity contribution in [2.75, 3.05) is 6.54 Å². The third kappa shape index (κ3) is 5.49. The van der Waals surface area contributed by atoms with Gasteiger partial charge in [-0.05, 0) is 29.0 Å². The Labute approximate surface area is 143 Å². The minimum atomic E-state index is -0.686. The van der Waals surface area contributed by atoms with Crippen LogP contribution in [0.3, 0.4) is 0 Å². The zero-order valence-electron chi connectivity index (χ0n) is 14.7. The zero-order chi connectivity index (χ0) is 17.6. The highest BCUT2D eigenvalue weighted by molar-refractivity contribution is 5.75. The van der Waals surface area contributed by atoms with Crippen molar-refractivity contribution in [2.45, 2.75) is 51.7 Å². The molecule has 1 aromatic carbocycles. The fourth-order valence-electron chi connectivity index (χ4n) is 2.46. The summed E-state index contributed by atoms with van der Waals surface area (Å²) in [5.41, 5.74) is 2.13. The summed E-state index contributed by atoms with van der Waals surface area (Å²) >= 11 is 0. The Bertz CT molecular complexity index is 628. The van der Waals surface area contributed by atoms with Gasteiger partial charge in [-0.25, -0.2) is 0 Å². The fourth-order valence-corrected chi connectivity index (χ4v) is 2.46. The molecule has 0 bridgehead atoms. The molecule has 1 unspecified atom stereocenters. The number of amides is 1. The molecule has 0 aliphatic rings. The van der Waals surface area contributed by atoms with E-state index in [1.54, 1.807) is 10.9 Å². The Balaban J connectivity index is 1.73. The SMILES string of the molecule is CC(C)(C)c1ccc(C(O)CNC(=O)CCCn2cccn2)cc1. The lowest BCUT2D eigenvalue weighted by atomic mass is 9.86. The first-order chi connectivity index (χ1) is 11.4. The Hall–Kier alpha value is -2.14. The Morgan fingerprint density at radius 3 is 2.58 bits per heavy atom. The van der Waals surface area contributed by atoms with E-state index in [9.17, 15) is 9.90 Å². The number of hydrogen-bond donors (Lipinski definition) is 2. The quantitative estimate of drug-likeness (QED) is 0.821. The molecular formula is C19H27N3O2. The number of aryl methyl sites for hydroxylation is 1. The van der Waals surface area contributed by atoms with Crippen LogP contribution in [0.5, 0.6) is 0 Å². The molecule has 5 heteroatoms. The van der Waals surface area contributed by atoms with Crippen molar-refractivity contribution in [1.82, 2.24) is 15.1 Å². The van der Waals surface area contributed by atoms with Crippen LogP contribution in [0.2, 0.25) is 0 Å². The van der Waals surface area contributed by atoms with Crippen molar-refractivity contribution in [3.8, 4) is 0 Å².